The van der Waals surface area contributed by atoms with Gasteiger partial charge in [0, 0.05) is 0 Å². The van der Waals surface area contributed by atoms with E-state index in [9.17, 15) is 19.2 Å². The van der Waals surface area contributed by atoms with Crippen LogP contribution in [-0.4, -0.2) is 121 Å². The zero-order chi connectivity index (χ0) is 34.8. The summed E-state index contributed by atoms with van der Waals surface area (Å²) in [5.41, 5.74) is 0. The lowest BCUT2D eigenvalue weighted by Crippen LogP contribution is -2.30. The predicted octanol–water partition coefficient (Wildman–Crippen LogP) is 6.79. The number of hydrogen-bond donors (Lipinski definition) is 0. The highest BCUT2D eigenvalue weighted by Gasteiger charge is 2.06. The van der Waals surface area contributed by atoms with Crippen LogP contribution in [0.4, 0.5) is 0 Å². The molecule has 0 N–H and O–H groups in total. The normalized spacial score (nSPS) is 10.5. The number of rotatable bonds is 24. The van der Waals surface area contributed by atoms with Gasteiger partial charge in [0.05, 0.1) is 26.2 Å². The van der Waals surface area contributed by atoms with Gasteiger partial charge in [0.15, 0.2) is 0 Å². The van der Waals surface area contributed by atoms with Crippen LogP contribution in [0.3, 0.4) is 0 Å². The molecule has 0 rings (SSSR count). The molecule has 0 spiro atoms. The minimum atomic E-state index is 0.270. The van der Waals surface area contributed by atoms with Gasteiger partial charge in [0.25, 0.3) is 0 Å². The highest BCUT2D eigenvalue weighted by atomic mass is 18.1. The van der Waals surface area contributed by atoms with Crippen LogP contribution >= 0.6 is 0 Å². The Morgan fingerprint density at radius 3 is 0.477 bits per heavy atom. The van der Waals surface area contributed by atoms with Crippen molar-refractivity contribution in [1.82, 2.24) is 19.6 Å². The molecule has 0 radical (unpaired) electrons. The van der Waals surface area contributed by atoms with E-state index in [4.69, 9.17) is 0 Å². The van der Waals surface area contributed by atoms with Crippen LogP contribution in [0.1, 0.15) is 134 Å². The second-order valence-electron chi connectivity index (χ2n) is 11.9. The number of carbonyl (C=O) groups is 4. The summed E-state index contributed by atoms with van der Waals surface area (Å²) < 4.78 is 0. The van der Waals surface area contributed by atoms with Gasteiger partial charge in [0.2, 0.25) is 0 Å². The molecule has 0 atom stereocenters. The summed E-state index contributed by atoms with van der Waals surface area (Å²) in [5.74, 6) is 1.08. The standard InChI is InChI=1S/4C9H19NO/c4*1-4-6-10(7-5-2)8-9(3)11/h4*4-8H2,1-3H3/i2*9+1,11+2;2*8+1,11+2. The molecule has 0 aliphatic rings. The smallest absolute Gasteiger partial charge is 0.143 e. The molecule has 44 heavy (non-hydrogen) atoms. The zero-order valence-corrected chi connectivity index (χ0v) is 31.6. The molecule has 0 aliphatic heterocycles. The Bertz CT molecular complexity index is 537. The predicted molar refractivity (Wildman–Crippen MR) is 191 cm³/mol. The summed E-state index contributed by atoms with van der Waals surface area (Å²) in [6.45, 7) is 34.6. The lowest BCUT2D eigenvalue weighted by molar-refractivity contribution is -0.119. The van der Waals surface area contributed by atoms with Gasteiger partial charge in [-0.05, 0) is 131 Å². The van der Waals surface area contributed by atoms with Crippen molar-refractivity contribution in [3.8, 4) is 0 Å². The molecular weight excluding hydrogens is 564 g/mol. The average Bonchev–Trinajstić information content (AvgIpc) is 2.90. The highest BCUT2D eigenvalue weighted by molar-refractivity contribution is 5.78. The van der Waals surface area contributed by atoms with Crippen molar-refractivity contribution < 1.29 is 19.2 Å². The van der Waals surface area contributed by atoms with E-state index in [0.29, 0.717) is 26.2 Å². The Morgan fingerprint density at radius 1 is 0.295 bits per heavy atom. The minimum Gasteiger partial charge on any atom is -0.299 e. The molecule has 8 nitrogen and oxygen atoms in total. The summed E-state index contributed by atoms with van der Waals surface area (Å²) in [6.07, 6.45) is 9.06. The third kappa shape index (κ3) is 42.7. The number of hydrogen-bond acceptors (Lipinski definition) is 8. The fourth-order valence-corrected chi connectivity index (χ4v) is 4.87. The van der Waals surface area contributed by atoms with Crippen molar-refractivity contribution in [1.29, 1.82) is 0 Å². The van der Waals surface area contributed by atoms with Gasteiger partial charge in [-0.25, -0.2) is 0 Å². The largest absolute Gasteiger partial charge is 0.299 e. The first-order chi connectivity index (χ1) is 20.8. The zero-order valence-electron chi connectivity index (χ0n) is 31.6. The van der Waals surface area contributed by atoms with Gasteiger partial charge in [-0.15, -0.1) is 0 Å². The van der Waals surface area contributed by atoms with Crippen molar-refractivity contribution >= 4 is 23.1 Å². The van der Waals surface area contributed by atoms with Crippen LogP contribution in [0.15, 0.2) is 0 Å². The monoisotopic (exact) mass is 641 g/mol. The first kappa shape index (κ1) is 49.4. The SMILES string of the molecule is CCCN(CCC)C[13C](C)=[18O].CCCN(CCC)C[13C](C)=[18O].CCCN(CCC)[13CH2]C(C)=[18O].CCCN(CCC)[13CH2]C(C)=[18O]. The molecule has 8 heteroatoms. The van der Waals surface area contributed by atoms with Gasteiger partial charge < -0.3 is 0 Å². The molecule has 0 aromatic carbocycles. The van der Waals surface area contributed by atoms with Crippen LogP contribution < -0.4 is 0 Å². The van der Waals surface area contributed by atoms with E-state index < -0.39 is 0 Å². The van der Waals surface area contributed by atoms with Crippen LogP contribution in [0.5, 0.6) is 0 Å². The number of nitrogens with zero attached hydrogens (tertiary/aromatic N) is 4. The molecule has 0 aliphatic carbocycles. The Labute approximate surface area is 274 Å². The van der Waals surface area contributed by atoms with Gasteiger partial charge in [-0.3, -0.25) is 38.8 Å². The molecular formula is C36H76N4O4. The number of Topliss-reactive ketones (excluding diaryl/α,β-unsaturated/α-hetero) is 4. The van der Waals surface area contributed by atoms with E-state index in [1.807, 2.05) is 0 Å². The van der Waals surface area contributed by atoms with E-state index in [1.165, 1.54) is 0 Å². The van der Waals surface area contributed by atoms with Gasteiger partial charge in [0.1, 0.15) is 23.1 Å². The molecule has 0 bridgehead atoms. The maximum absolute atomic E-state index is 10.8. The van der Waals surface area contributed by atoms with E-state index in [1.54, 1.807) is 27.7 Å². The fraction of sp³-hybridized carbons (Fsp3) is 0.889. The quantitative estimate of drug-likeness (QED) is 0.0843. The van der Waals surface area contributed by atoms with E-state index in [2.05, 4.69) is 75.0 Å². The van der Waals surface area contributed by atoms with E-state index >= 15 is 0 Å². The third-order valence-electron chi connectivity index (χ3n) is 6.10. The lowest BCUT2D eigenvalue weighted by atomic mass is 10.4. The highest BCUT2D eigenvalue weighted by Crippen LogP contribution is 1.96. The van der Waals surface area contributed by atoms with Crippen LogP contribution in [0, 0.1) is 0 Å². The first-order valence-electron chi connectivity index (χ1n) is 17.7. The second kappa shape index (κ2) is 37.7. The average molecular weight is 641 g/mol. The van der Waals surface area contributed by atoms with Crippen LogP contribution in [-0.2, 0) is 19.2 Å². The summed E-state index contributed by atoms with van der Waals surface area (Å²) in [6, 6.07) is 0. The molecule has 0 aromatic heterocycles. The number of carbonyl (C=O) groups excluding carboxylic acids is 4. The topological polar surface area (TPSA) is 81.2 Å². The Kier molecular flexibility index (Phi) is 42.3. The number of ketones is 4. The van der Waals surface area contributed by atoms with Gasteiger partial charge in [-0.1, -0.05) is 55.4 Å². The molecule has 264 valence electrons. The summed E-state index contributed by atoms with van der Waals surface area (Å²) in [4.78, 5) is 51.9. The molecule has 0 saturated carbocycles. The lowest BCUT2D eigenvalue weighted by Gasteiger charge is -2.18. The Hall–Kier alpha value is -1.48. The summed E-state index contributed by atoms with van der Waals surface area (Å²) >= 11 is 0. The molecule has 0 fully saturated rings. The Balaban J connectivity index is -0.000000242. The molecule has 0 heterocycles. The first-order valence-corrected chi connectivity index (χ1v) is 17.7. The van der Waals surface area contributed by atoms with Crippen LogP contribution in [0.2, 0.25) is 0 Å². The van der Waals surface area contributed by atoms with Crippen molar-refractivity contribution in [3.05, 3.63) is 0 Å². The van der Waals surface area contributed by atoms with Gasteiger partial charge >= 0.3 is 0 Å². The van der Waals surface area contributed by atoms with E-state index in [0.717, 1.165) is 104 Å². The molecule has 0 amide bonds. The third-order valence-corrected chi connectivity index (χ3v) is 6.10. The minimum absolute atomic E-state index is 0.270. The van der Waals surface area contributed by atoms with Crippen molar-refractivity contribution in [3.63, 3.8) is 0 Å². The molecule has 0 aromatic rings. The molecule has 0 unspecified atom stereocenters. The van der Waals surface area contributed by atoms with Crippen LogP contribution in [0.25, 0.3) is 0 Å². The maximum atomic E-state index is 10.8. The fourth-order valence-electron chi connectivity index (χ4n) is 4.87. The Morgan fingerprint density at radius 2 is 0.409 bits per heavy atom. The van der Waals surface area contributed by atoms with Gasteiger partial charge in [-0.2, -0.15) is 0 Å². The molecule has 0 saturated heterocycles. The summed E-state index contributed by atoms with van der Waals surface area (Å²) in [5, 5.41) is 0. The maximum Gasteiger partial charge on any atom is 0.143 e. The van der Waals surface area contributed by atoms with Crippen molar-refractivity contribution in [2.24, 2.45) is 0 Å². The van der Waals surface area contributed by atoms with Crippen molar-refractivity contribution in [2.45, 2.75) is 134 Å². The van der Waals surface area contributed by atoms with E-state index in [-0.39, 0.29) is 23.1 Å². The summed E-state index contributed by atoms with van der Waals surface area (Å²) in [7, 11) is 0. The van der Waals surface area contributed by atoms with Crippen molar-refractivity contribution in [2.75, 3.05) is 78.5 Å². The second-order valence-corrected chi connectivity index (χ2v) is 11.9.